The molecule has 0 saturated heterocycles. The van der Waals surface area contributed by atoms with Crippen LogP contribution < -0.4 is 5.32 Å². The minimum atomic E-state index is -0.536. The Balaban J connectivity index is 2.25. The zero-order chi connectivity index (χ0) is 10.8. The van der Waals surface area contributed by atoms with Gasteiger partial charge in [0.05, 0.1) is 12.1 Å². The van der Waals surface area contributed by atoms with E-state index in [2.05, 4.69) is 11.9 Å². The molecule has 3 heteroatoms. The Morgan fingerprint density at radius 2 is 2.27 bits per heavy atom. The number of aliphatic hydroxyl groups excluding tert-OH is 1. The highest BCUT2D eigenvalue weighted by molar-refractivity contribution is 5.87. The second-order valence-electron chi connectivity index (χ2n) is 3.66. The molecule has 1 aromatic rings. The summed E-state index contributed by atoms with van der Waals surface area (Å²) in [5.74, 6) is -0.254. The van der Waals surface area contributed by atoms with Crippen LogP contribution in [0.4, 0.5) is 0 Å². The third-order valence-electron chi connectivity index (χ3n) is 2.69. The standard InChI is InChI=1S/C12H13NO2/c1-2-11(15)13-12-9-6-4-3-5-8(9)7-10(12)14/h2-6,10,12,14H,1,7H2,(H,13,15)/t10-,12+/m0/s1. The van der Waals surface area contributed by atoms with Crippen LogP contribution in [-0.2, 0) is 11.2 Å². The van der Waals surface area contributed by atoms with E-state index in [0.29, 0.717) is 6.42 Å². The van der Waals surface area contributed by atoms with E-state index in [4.69, 9.17) is 0 Å². The molecule has 0 aromatic heterocycles. The lowest BCUT2D eigenvalue weighted by Crippen LogP contribution is -2.32. The van der Waals surface area contributed by atoms with Crippen molar-refractivity contribution in [3.8, 4) is 0 Å². The lowest BCUT2D eigenvalue weighted by Gasteiger charge is -2.16. The molecule has 0 radical (unpaired) electrons. The van der Waals surface area contributed by atoms with Crippen molar-refractivity contribution >= 4 is 5.91 Å². The number of aliphatic hydroxyl groups is 1. The van der Waals surface area contributed by atoms with Gasteiger partial charge in [0.2, 0.25) is 5.91 Å². The summed E-state index contributed by atoms with van der Waals surface area (Å²) < 4.78 is 0. The lowest BCUT2D eigenvalue weighted by molar-refractivity contribution is -0.117. The van der Waals surface area contributed by atoms with Gasteiger partial charge in [0, 0.05) is 6.42 Å². The van der Waals surface area contributed by atoms with E-state index in [1.54, 1.807) is 0 Å². The van der Waals surface area contributed by atoms with E-state index in [9.17, 15) is 9.90 Å². The average Bonchev–Trinajstić information content (AvgIpc) is 2.55. The molecule has 2 rings (SSSR count). The van der Waals surface area contributed by atoms with E-state index >= 15 is 0 Å². The first-order valence-corrected chi connectivity index (χ1v) is 4.91. The SMILES string of the molecule is C=CC(=O)N[C@@H]1c2ccccc2C[C@@H]1O. The predicted molar refractivity (Wildman–Crippen MR) is 57.2 cm³/mol. The molecule has 1 amide bonds. The fraction of sp³-hybridized carbons (Fsp3) is 0.250. The molecule has 2 N–H and O–H groups in total. The zero-order valence-electron chi connectivity index (χ0n) is 8.31. The van der Waals surface area contributed by atoms with Crippen LogP contribution in [0.2, 0.25) is 0 Å². The van der Waals surface area contributed by atoms with E-state index in [1.165, 1.54) is 6.08 Å². The molecule has 0 bridgehead atoms. The average molecular weight is 203 g/mol. The smallest absolute Gasteiger partial charge is 0.243 e. The molecule has 0 aliphatic heterocycles. The molecule has 0 saturated carbocycles. The Morgan fingerprint density at radius 1 is 1.53 bits per heavy atom. The Hall–Kier alpha value is -1.61. The van der Waals surface area contributed by atoms with Gasteiger partial charge < -0.3 is 10.4 Å². The summed E-state index contributed by atoms with van der Waals surface area (Å²) in [4.78, 5) is 11.2. The van der Waals surface area contributed by atoms with Gasteiger partial charge in [0.25, 0.3) is 0 Å². The quantitative estimate of drug-likeness (QED) is 0.703. The van der Waals surface area contributed by atoms with Crippen molar-refractivity contribution in [3.05, 3.63) is 48.0 Å². The molecular formula is C12H13NO2. The summed E-state index contributed by atoms with van der Waals surface area (Å²) in [5.41, 5.74) is 2.10. The molecule has 15 heavy (non-hydrogen) atoms. The van der Waals surface area contributed by atoms with E-state index < -0.39 is 6.10 Å². The summed E-state index contributed by atoms with van der Waals surface area (Å²) >= 11 is 0. The van der Waals surface area contributed by atoms with Crippen LogP contribution >= 0.6 is 0 Å². The highest BCUT2D eigenvalue weighted by Gasteiger charge is 2.31. The topological polar surface area (TPSA) is 49.3 Å². The first-order valence-electron chi connectivity index (χ1n) is 4.91. The number of rotatable bonds is 2. The monoisotopic (exact) mass is 203 g/mol. The summed E-state index contributed by atoms with van der Waals surface area (Å²) in [7, 11) is 0. The number of nitrogens with one attached hydrogen (secondary N) is 1. The maximum Gasteiger partial charge on any atom is 0.243 e. The van der Waals surface area contributed by atoms with E-state index in [1.807, 2.05) is 24.3 Å². The van der Waals surface area contributed by atoms with Gasteiger partial charge in [-0.3, -0.25) is 4.79 Å². The molecule has 78 valence electrons. The molecular weight excluding hydrogens is 190 g/mol. The molecule has 3 nitrogen and oxygen atoms in total. The van der Waals surface area contributed by atoms with Crippen molar-refractivity contribution in [2.75, 3.05) is 0 Å². The fourth-order valence-corrected chi connectivity index (χ4v) is 1.96. The van der Waals surface area contributed by atoms with Crippen molar-refractivity contribution in [1.29, 1.82) is 0 Å². The third kappa shape index (κ3) is 1.78. The summed E-state index contributed by atoms with van der Waals surface area (Å²) in [6.45, 7) is 3.39. The zero-order valence-corrected chi connectivity index (χ0v) is 8.31. The summed E-state index contributed by atoms with van der Waals surface area (Å²) in [5, 5.41) is 12.5. The van der Waals surface area contributed by atoms with Gasteiger partial charge >= 0.3 is 0 Å². The number of hydrogen-bond acceptors (Lipinski definition) is 2. The Kier molecular flexibility index (Phi) is 2.56. The Morgan fingerprint density at radius 3 is 3.00 bits per heavy atom. The third-order valence-corrected chi connectivity index (χ3v) is 2.69. The molecule has 0 spiro atoms. The molecule has 2 atom stereocenters. The number of amides is 1. The van der Waals surface area contributed by atoms with Crippen LogP contribution in [0.15, 0.2) is 36.9 Å². The number of carbonyl (C=O) groups excluding carboxylic acids is 1. The molecule has 1 aliphatic rings. The minimum absolute atomic E-state index is 0.254. The van der Waals surface area contributed by atoms with Gasteiger partial charge in [-0.25, -0.2) is 0 Å². The molecule has 0 heterocycles. The minimum Gasteiger partial charge on any atom is -0.390 e. The number of benzene rings is 1. The van der Waals surface area contributed by atoms with Gasteiger partial charge in [-0.05, 0) is 17.2 Å². The maximum atomic E-state index is 11.2. The summed E-state index contributed by atoms with van der Waals surface area (Å²) in [6, 6.07) is 7.44. The van der Waals surface area contributed by atoms with Crippen LogP contribution in [-0.4, -0.2) is 17.1 Å². The van der Waals surface area contributed by atoms with Gasteiger partial charge in [-0.15, -0.1) is 0 Å². The van der Waals surface area contributed by atoms with Crippen molar-refractivity contribution in [1.82, 2.24) is 5.32 Å². The maximum absolute atomic E-state index is 11.2. The molecule has 1 aliphatic carbocycles. The first-order chi connectivity index (χ1) is 7.22. The second kappa shape index (κ2) is 3.87. The fourth-order valence-electron chi connectivity index (χ4n) is 1.96. The van der Waals surface area contributed by atoms with Crippen LogP contribution in [0, 0.1) is 0 Å². The highest BCUT2D eigenvalue weighted by Crippen LogP contribution is 2.30. The first kappa shape index (κ1) is 9.93. The van der Waals surface area contributed by atoms with Gasteiger partial charge in [-0.1, -0.05) is 30.8 Å². The highest BCUT2D eigenvalue weighted by atomic mass is 16.3. The molecule has 0 unspecified atom stereocenters. The molecule has 0 fully saturated rings. The largest absolute Gasteiger partial charge is 0.390 e. The van der Waals surface area contributed by atoms with E-state index in [0.717, 1.165) is 11.1 Å². The van der Waals surface area contributed by atoms with Crippen LogP contribution in [0.5, 0.6) is 0 Å². The number of fused-ring (bicyclic) bond motifs is 1. The Bertz CT molecular complexity index is 400. The van der Waals surface area contributed by atoms with Crippen LogP contribution in [0.1, 0.15) is 17.2 Å². The van der Waals surface area contributed by atoms with Crippen molar-refractivity contribution in [3.63, 3.8) is 0 Å². The van der Waals surface area contributed by atoms with Crippen molar-refractivity contribution < 1.29 is 9.90 Å². The normalized spacial score (nSPS) is 23.3. The lowest BCUT2D eigenvalue weighted by atomic mass is 10.1. The summed E-state index contributed by atoms with van der Waals surface area (Å²) in [6.07, 6.45) is 1.28. The Labute approximate surface area is 88.4 Å². The van der Waals surface area contributed by atoms with Crippen LogP contribution in [0.3, 0.4) is 0 Å². The number of carbonyl (C=O) groups is 1. The van der Waals surface area contributed by atoms with Crippen molar-refractivity contribution in [2.45, 2.75) is 18.6 Å². The molecule has 1 aromatic carbocycles. The van der Waals surface area contributed by atoms with Gasteiger partial charge in [0.15, 0.2) is 0 Å². The second-order valence-corrected chi connectivity index (χ2v) is 3.66. The van der Waals surface area contributed by atoms with Gasteiger partial charge in [-0.2, -0.15) is 0 Å². The van der Waals surface area contributed by atoms with Gasteiger partial charge in [0.1, 0.15) is 0 Å². The number of hydrogen-bond donors (Lipinski definition) is 2. The van der Waals surface area contributed by atoms with Crippen LogP contribution in [0.25, 0.3) is 0 Å². The van der Waals surface area contributed by atoms with Crippen molar-refractivity contribution in [2.24, 2.45) is 0 Å². The predicted octanol–water partition coefficient (Wildman–Crippen LogP) is 0.947. The van der Waals surface area contributed by atoms with E-state index in [-0.39, 0.29) is 11.9 Å².